The summed E-state index contributed by atoms with van der Waals surface area (Å²) in [4.78, 5) is 10.8. The molecule has 0 spiro atoms. The molecule has 0 aliphatic rings. The molecule has 1 atom stereocenters. The standard InChI is InChI=1S/C14H13ClO4/c15-9-8-14(18,10-4-2-1-3-5-10)12-7-6-11(19-12)13(16)17/h1-7,18H,8-9H2,(H,16,17). The number of aromatic carboxylic acids is 1. The fourth-order valence-electron chi connectivity index (χ4n) is 1.94. The Labute approximate surface area is 115 Å². The summed E-state index contributed by atoms with van der Waals surface area (Å²) in [5, 5.41) is 19.6. The lowest BCUT2D eigenvalue weighted by atomic mass is 9.89. The van der Waals surface area contributed by atoms with E-state index in [2.05, 4.69) is 0 Å². The fraction of sp³-hybridized carbons (Fsp3) is 0.214. The van der Waals surface area contributed by atoms with Gasteiger partial charge in [-0.3, -0.25) is 0 Å². The first-order chi connectivity index (χ1) is 9.08. The Bertz CT molecular complexity index is 564. The van der Waals surface area contributed by atoms with Crippen molar-refractivity contribution >= 4 is 17.6 Å². The van der Waals surface area contributed by atoms with Crippen molar-refractivity contribution in [1.29, 1.82) is 0 Å². The number of hydrogen-bond donors (Lipinski definition) is 2. The molecule has 4 nitrogen and oxygen atoms in total. The van der Waals surface area contributed by atoms with Gasteiger partial charge >= 0.3 is 5.97 Å². The molecule has 1 aromatic carbocycles. The van der Waals surface area contributed by atoms with Crippen LogP contribution in [0.5, 0.6) is 0 Å². The van der Waals surface area contributed by atoms with E-state index in [1.54, 1.807) is 24.3 Å². The van der Waals surface area contributed by atoms with Crippen LogP contribution in [0.15, 0.2) is 46.9 Å². The van der Waals surface area contributed by atoms with E-state index in [9.17, 15) is 9.90 Å². The zero-order valence-electron chi connectivity index (χ0n) is 10.0. The van der Waals surface area contributed by atoms with Gasteiger partial charge in [0.1, 0.15) is 11.4 Å². The summed E-state index contributed by atoms with van der Waals surface area (Å²) >= 11 is 5.74. The van der Waals surface area contributed by atoms with Crippen molar-refractivity contribution in [3.63, 3.8) is 0 Å². The molecular formula is C14H13ClO4. The molecular weight excluding hydrogens is 268 g/mol. The Morgan fingerprint density at radius 3 is 2.42 bits per heavy atom. The molecule has 0 radical (unpaired) electrons. The lowest BCUT2D eigenvalue weighted by Crippen LogP contribution is -2.27. The molecule has 100 valence electrons. The van der Waals surface area contributed by atoms with Crippen LogP contribution in [0.2, 0.25) is 0 Å². The van der Waals surface area contributed by atoms with Crippen LogP contribution in [-0.2, 0) is 5.60 Å². The summed E-state index contributed by atoms with van der Waals surface area (Å²) in [7, 11) is 0. The van der Waals surface area contributed by atoms with Gasteiger partial charge in [0, 0.05) is 12.3 Å². The van der Waals surface area contributed by atoms with Crippen LogP contribution in [-0.4, -0.2) is 22.1 Å². The lowest BCUT2D eigenvalue weighted by molar-refractivity contribution is 0.0481. The highest BCUT2D eigenvalue weighted by molar-refractivity contribution is 6.17. The molecule has 0 fully saturated rings. The van der Waals surface area contributed by atoms with Crippen LogP contribution in [0.3, 0.4) is 0 Å². The molecule has 1 unspecified atom stereocenters. The SMILES string of the molecule is O=C(O)c1ccc(C(O)(CCCl)c2ccccc2)o1. The zero-order chi connectivity index (χ0) is 13.9. The molecule has 2 aromatic rings. The minimum absolute atomic E-state index is 0.178. The van der Waals surface area contributed by atoms with Crippen LogP contribution < -0.4 is 0 Å². The van der Waals surface area contributed by atoms with E-state index in [0.29, 0.717) is 5.56 Å². The predicted molar refractivity (Wildman–Crippen MR) is 70.4 cm³/mol. The second-order valence-corrected chi connectivity index (χ2v) is 4.51. The second kappa shape index (κ2) is 5.47. The zero-order valence-corrected chi connectivity index (χ0v) is 10.8. The average Bonchev–Trinajstić information content (AvgIpc) is 2.90. The third kappa shape index (κ3) is 2.64. The fourth-order valence-corrected chi connectivity index (χ4v) is 2.21. The topological polar surface area (TPSA) is 70.7 Å². The van der Waals surface area contributed by atoms with Gasteiger partial charge in [-0.05, 0) is 17.7 Å². The number of carbonyl (C=O) groups is 1. The number of carboxylic acid groups (broad SMARTS) is 1. The number of rotatable bonds is 5. The summed E-state index contributed by atoms with van der Waals surface area (Å²) in [5.41, 5.74) is -0.807. The van der Waals surface area contributed by atoms with Gasteiger partial charge in [-0.1, -0.05) is 30.3 Å². The van der Waals surface area contributed by atoms with Crippen molar-refractivity contribution < 1.29 is 19.4 Å². The molecule has 1 heterocycles. The van der Waals surface area contributed by atoms with E-state index in [0.717, 1.165) is 0 Å². The summed E-state index contributed by atoms with van der Waals surface area (Å²) in [5.74, 6) is -0.989. The van der Waals surface area contributed by atoms with E-state index >= 15 is 0 Å². The number of carboxylic acids is 1. The molecule has 5 heteroatoms. The largest absolute Gasteiger partial charge is 0.475 e. The van der Waals surface area contributed by atoms with Gasteiger partial charge in [0.2, 0.25) is 5.76 Å². The normalized spacial score (nSPS) is 14.0. The molecule has 19 heavy (non-hydrogen) atoms. The van der Waals surface area contributed by atoms with E-state index in [4.69, 9.17) is 21.1 Å². The molecule has 0 aliphatic carbocycles. The molecule has 2 rings (SSSR count). The van der Waals surface area contributed by atoms with Crippen LogP contribution in [0.1, 0.15) is 28.3 Å². The third-order valence-corrected chi connectivity index (χ3v) is 3.12. The minimum Gasteiger partial charge on any atom is -0.475 e. The van der Waals surface area contributed by atoms with Crippen LogP contribution >= 0.6 is 11.6 Å². The first-order valence-electron chi connectivity index (χ1n) is 5.75. The predicted octanol–water partition coefficient (Wildman–Crippen LogP) is 2.84. The van der Waals surface area contributed by atoms with Gasteiger partial charge in [0.05, 0.1) is 0 Å². The van der Waals surface area contributed by atoms with Crippen molar-refractivity contribution in [2.75, 3.05) is 5.88 Å². The summed E-state index contributed by atoms with van der Waals surface area (Å²) in [6.07, 6.45) is 0.227. The Morgan fingerprint density at radius 1 is 1.21 bits per heavy atom. The highest BCUT2D eigenvalue weighted by atomic mass is 35.5. The van der Waals surface area contributed by atoms with Crippen LogP contribution in [0.4, 0.5) is 0 Å². The smallest absolute Gasteiger partial charge is 0.371 e. The van der Waals surface area contributed by atoms with Crippen LogP contribution in [0, 0.1) is 0 Å². The molecule has 0 aliphatic heterocycles. The molecule has 0 bridgehead atoms. The van der Waals surface area contributed by atoms with Gasteiger partial charge in [-0.15, -0.1) is 11.6 Å². The summed E-state index contributed by atoms with van der Waals surface area (Å²) in [6.45, 7) is 0. The van der Waals surface area contributed by atoms with E-state index in [1.807, 2.05) is 6.07 Å². The minimum atomic E-state index is -1.42. The quantitative estimate of drug-likeness (QED) is 0.826. The molecule has 0 amide bonds. The molecule has 0 saturated heterocycles. The van der Waals surface area contributed by atoms with Crippen molar-refractivity contribution in [3.05, 3.63) is 59.5 Å². The van der Waals surface area contributed by atoms with E-state index in [1.165, 1.54) is 12.1 Å². The highest BCUT2D eigenvalue weighted by Crippen LogP contribution is 2.34. The van der Waals surface area contributed by atoms with Gasteiger partial charge < -0.3 is 14.6 Å². The lowest BCUT2D eigenvalue weighted by Gasteiger charge is -2.25. The van der Waals surface area contributed by atoms with Crippen molar-refractivity contribution in [2.24, 2.45) is 0 Å². The Morgan fingerprint density at radius 2 is 1.89 bits per heavy atom. The summed E-state index contributed by atoms with van der Waals surface area (Å²) in [6, 6.07) is 11.7. The maximum absolute atomic E-state index is 10.8. The number of benzene rings is 1. The Balaban J connectivity index is 2.46. The first-order valence-corrected chi connectivity index (χ1v) is 6.29. The second-order valence-electron chi connectivity index (χ2n) is 4.13. The maximum Gasteiger partial charge on any atom is 0.371 e. The molecule has 0 saturated carbocycles. The van der Waals surface area contributed by atoms with Gasteiger partial charge in [0.15, 0.2) is 0 Å². The number of halogens is 1. The highest BCUT2D eigenvalue weighted by Gasteiger charge is 2.34. The number of hydrogen-bond acceptors (Lipinski definition) is 3. The average molecular weight is 281 g/mol. The Kier molecular flexibility index (Phi) is 3.93. The van der Waals surface area contributed by atoms with Crippen molar-refractivity contribution in [1.82, 2.24) is 0 Å². The van der Waals surface area contributed by atoms with Gasteiger partial charge in [0.25, 0.3) is 0 Å². The van der Waals surface area contributed by atoms with E-state index in [-0.39, 0.29) is 23.8 Å². The number of aliphatic hydroxyl groups is 1. The van der Waals surface area contributed by atoms with Crippen LogP contribution in [0.25, 0.3) is 0 Å². The monoisotopic (exact) mass is 280 g/mol. The van der Waals surface area contributed by atoms with Gasteiger partial charge in [-0.2, -0.15) is 0 Å². The van der Waals surface area contributed by atoms with E-state index < -0.39 is 11.6 Å². The third-order valence-electron chi connectivity index (χ3n) is 2.93. The first kappa shape index (κ1) is 13.6. The number of furan rings is 1. The van der Waals surface area contributed by atoms with Gasteiger partial charge in [-0.25, -0.2) is 4.79 Å². The van der Waals surface area contributed by atoms with Crippen molar-refractivity contribution in [3.8, 4) is 0 Å². The number of alkyl halides is 1. The summed E-state index contributed by atoms with van der Waals surface area (Å²) < 4.78 is 5.21. The Hall–Kier alpha value is -1.78. The van der Waals surface area contributed by atoms with Crippen molar-refractivity contribution in [2.45, 2.75) is 12.0 Å². The molecule has 1 aromatic heterocycles. The molecule has 2 N–H and O–H groups in total. The maximum atomic E-state index is 10.8.